The fraction of sp³-hybridized carbons (Fsp3) is 0.476. The highest BCUT2D eigenvalue weighted by molar-refractivity contribution is 6.28. The summed E-state index contributed by atoms with van der Waals surface area (Å²) in [5.74, 6) is 1.38. The second-order valence-electron chi connectivity index (χ2n) is 8.01. The lowest BCUT2D eigenvalue weighted by Crippen LogP contribution is -2.33. The number of halogens is 1. The lowest BCUT2D eigenvalue weighted by Gasteiger charge is -2.23. The Morgan fingerprint density at radius 1 is 1.19 bits per heavy atom. The van der Waals surface area contributed by atoms with Gasteiger partial charge in [-0.15, -0.1) is 0 Å². The van der Waals surface area contributed by atoms with Crippen LogP contribution in [0.2, 0.25) is 5.28 Å². The maximum Gasteiger partial charge on any atom is 0.226 e. The van der Waals surface area contributed by atoms with Crippen LogP contribution in [0.3, 0.4) is 0 Å². The van der Waals surface area contributed by atoms with Crippen LogP contribution in [-0.2, 0) is 4.74 Å². The molecule has 4 N–H and O–H groups in total. The van der Waals surface area contributed by atoms with Crippen LogP contribution in [-0.4, -0.2) is 72.4 Å². The average molecular weight is 464 g/mol. The predicted molar refractivity (Wildman–Crippen MR) is 118 cm³/mol. The molecule has 2 aromatic heterocycles. The highest BCUT2D eigenvalue weighted by Crippen LogP contribution is 2.33. The van der Waals surface area contributed by atoms with Crippen molar-refractivity contribution < 1.29 is 24.8 Å². The first kappa shape index (κ1) is 22.7. The fourth-order valence-corrected chi connectivity index (χ4v) is 3.73. The fourth-order valence-electron chi connectivity index (χ4n) is 3.57. The van der Waals surface area contributed by atoms with Crippen molar-refractivity contribution in [1.82, 2.24) is 19.5 Å². The van der Waals surface area contributed by atoms with Crippen LogP contribution in [0.4, 0.5) is 5.82 Å². The molecule has 5 atom stereocenters. The second-order valence-corrected chi connectivity index (χ2v) is 8.35. The van der Waals surface area contributed by atoms with Crippen LogP contribution in [0.15, 0.2) is 36.7 Å². The van der Waals surface area contributed by atoms with Crippen LogP contribution >= 0.6 is 11.6 Å². The maximum atomic E-state index is 10.4. The van der Waals surface area contributed by atoms with Gasteiger partial charge < -0.3 is 30.1 Å². The standard InChI is InChI=1S/C21H26ClN5O5/c1-11(2)13(9-31-12-6-4-3-5-7-12)24-18-15-19(26-21(22)25-18)27(10-23-15)20-17(30)16(29)14(8-28)32-20/h3-7,10-11,13-14,16-17,20,28-30H,8-9H2,1-2H3,(H,24,25,26)/t13?,14-,16?,17?,20-/m1/s1. The Bertz CT molecular complexity index is 1050. The van der Waals surface area contributed by atoms with Gasteiger partial charge in [-0.1, -0.05) is 32.0 Å². The van der Waals surface area contributed by atoms with E-state index in [9.17, 15) is 15.3 Å². The Hall–Kier alpha value is -2.50. The zero-order chi connectivity index (χ0) is 22.8. The quantitative estimate of drug-likeness (QED) is 0.367. The number of nitrogens with zero attached hydrogens (tertiary/aromatic N) is 4. The monoisotopic (exact) mass is 463 g/mol. The number of para-hydroxylation sites is 1. The van der Waals surface area contributed by atoms with E-state index >= 15 is 0 Å². The van der Waals surface area contributed by atoms with E-state index < -0.39 is 31.1 Å². The molecule has 0 aliphatic carbocycles. The van der Waals surface area contributed by atoms with E-state index in [1.54, 1.807) is 0 Å². The third-order valence-electron chi connectivity index (χ3n) is 5.49. The molecule has 0 spiro atoms. The van der Waals surface area contributed by atoms with Gasteiger partial charge in [-0.05, 0) is 29.7 Å². The summed E-state index contributed by atoms with van der Waals surface area (Å²) in [5.41, 5.74) is 0.756. The summed E-state index contributed by atoms with van der Waals surface area (Å²) in [6, 6.07) is 9.41. The van der Waals surface area contributed by atoms with E-state index in [2.05, 4.69) is 34.1 Å². The molecule has 1 saturated heterocycles. The zero-order valence-corrected chi connectivity index (χ0v) is 18.4. The lowest BCUT2D eigenvalue weighted by molar-refractivity contribution is -0.0511. The zero-order valence-electron chi connectivity index (χ0n) is 17.7. The lowest BCUT2D eigenvalue weighted by atomic mass is 10.1. The molecule has 1 aromatic carbocycles. The molecule has 0 radical (unpaired) electrons. The van der Waals surface area contributed by atoms with Crippen LogP contribution in [0.5, 0.6) is 5.75 Å². The molecule has 3 aromatic rings. The Labute approximate surface area is 189 Å². The van der Waals surface area contributed by atoms with Crippen molar-refractivity contribution in [2.45, 2.75) is 44.4 Å². The molecule has 0 saturated carbocycles. The van der Waals surface area contributed by atoms with Crippen molar-refractivity contribution in [3.05, 3.63) is 41.9 Å². The summed E-state index contributed by atoms with van der Waals surface area (Å²) in [4.78, 5) is 12.9. The van der Waals surface area contributed by atoms with Gasteiger partial charge in [-0.2, -0.15) is 9.97 Å². The Morgan fingerprint density at radius 3 is 2.59 bits per heavy atom. The molecule has 11 heteroatoms. The number of nitrogens with one attached hydrogen (secondary N) is 1. The van der Waals surface area contributed by atoms with Crippen molar-refractivity contribution in [3.8, 4) is 5.75 Å². The molecule has 3 unspecified atom stereocenters. The van der Waals surface area contributed by atoms with E-state index in [1.807, 2.05) is 30.3 Å². The minimum absolute atomic E-state index is 0.0139. The first-order valence-electron chi connectivity index (χ1n) is 10.4. The van der Waals surface area contributed by atoms with E-state index in [0.29, 0.717) is 23.6 Å². The minimum atomic E-state index is -1.27. The number of hydrogen-bond donors (Lipinski definition) is 4. The first-order chi connectivity index (χ1) is 15.4. The van der Waals surface area contributed by atoms with Gasteiger partial charge in [0.1, 0.15) is 30.7 Å². The summed E-state index contributed by atoms with van der Waals surface area (Å²) in [6.45, 7) is 4.08. The van der Waals surface area contributed by atoms with Crippen molar-refractivity contribution in [2.24, 2.45) is 5.92 Å². The van der Waals surface area contributed by atoms with Gasteiger partial charge in [-0.25, -0.2) is 4.98 Å². The summed E-state index contributed by atoms with van der Waals surface area (Å²) in [7, 11) is 0. The number of benzene rings is 1. The van der Waals surface area contributed by atoms with Gasteiger partial charge in [0.15, 0.2) is 23.2 Å². The third-order valence-corrected chi connectivity index (χ3v) is 5.65. The van der Waals surface area contributed by atoms with Crippen molar-refractivity contribution >= 4 is 28.6 Å². The Kier molecular flexibility index (Phi) is 6.77. The number of imidazole rings is 1. The molecular weight excluding hydrogens is 438 g/mol. The molecular formula is C21H26ClN5O5. The molecule has 172 valence electrons. The number of aromatic nitrogens is 4. The number of aliphatic hydroxyl groups excluding tert-OH is 3. The topological polar surface area (TPSA) is 135 Å². The summed E-state index contributed by atoms with van der Waals surface area (Å²) < 4.78 is 13.0. The smallest absolute Gasteiger partial charge is 0.226 e. The molecule has 0 bridgehead atoms. The van der Waals surface area contributed by atoms with Crippen molar-refractivity contribution in [3.63, 3.8) is 0 Å². The number of fused-ring (bicyclic) bond motifs is 1. The highest BCUT2D eigenvalue weighted by Gasteiger charge is 2.44. The number of rotatable bonds is 8. The summed E-state index contributed by atoms with van der Waals surface area (Å²) in [6.07, 6.45) is -2.96. The van der Waals surface area contributed by atoms with Gasteiger partial charge in [0, 0.05) is 0 Å². The van der Waals surface area contributed by atoms with Gasteiger partial charge in [0.25, 0.3) is 0 Å². The molecule has 1 aliphatic heterocycles. The second kappa shape index (κ2) is 9.55. The van der Waals surface area contributed by atoms with Crippen LogP contribution < -0.4 is 10.1 Å². The van der Waals surface area contributed by atoms with Crippen LogP contribution in [0, 0.1) is 5.92 Å². The van der Waals surface area contributed by atoms with E-state index in [1.165, 1.54) is 10.9 Å². The summed E-state index contributed by atoms with van der Waals surface area (Å²) >= 11 is 6.19. The number of ether oxygens (including phenoxy) is 2. The first-order valence-corrected chi connectivity index (χ1v) is 10.7. The third kappa shape index (κ3) is 4.50. The number of hydrogen-bond acceptors (Lipinski definition) is 9. The largest absolute Gasteiger partial charge is 0.491 e. The summed E-state index contributed by atoms with van der Waals surface area (Å²) in [5, 5.41) is 33.2. The molecule has 0 amide bonds. The van der Waals surface area contributed by atoms with Crippen molar-refractivity contribution in [1.29, 1.82) is 0 Å². The highest BCUT2D eigenvalue weighted by atomic mass is 35.5. The molecule has 32 heavy (non-hydrogen) atoms. The molecule has 4 rings (SSSR count). The predicted octanol–water partition coefficient (Wildman–Crippen LogP) is 1.61. The molecule has 1 fully saturated rings. The molecule has 3 heterocycles. The molecule has 1 aliphatic rings. The van der Waals surface area contributed by atoms with Gasteiger partial charge in [-0.3, -0.25) is 4.57 Å². The number of aliphatic hydroxyl groups is 3. The van der Waals surface area contributed by atoms with E-state index in [0.717, 1.165) is 5.75 Å². The number of anilines is 1. The van der Waals surface area contributed by atoms with Gasteiger partial charge >= 0.3 is 0 Å². The van der Waals surface area contributed by atoms with Crippen LogP contribution in [0.1, 0.15) is 20.1 Å². The normalized spacial score (nSPS) is 24.2. The van der Waals surface area contributed by atoms with Crippen molar-refractivity contribution in [2.75, 3.05) is 18.5 Å². The SMILES string of the molecule is CC(C)C(COc1ccccc1)Nc1nc(Cl)nc2c1ncn2[C@@H]1O[C@H](CO)C(O)C1O. The maximum absolute atomic E-state index is 10.4. The Balaban J connectivity index is 1.60. The van der Waals surface area contributed by atoms with Crippen LogP contribution in [0.25, 0.3) is 11.2 Å². The Morgan fingerprint density at radius 2 is 1.94 bits per heavy atom. The van der Waals surface area contributed by atoms with Gasteiger partial charge in [0.2, 0.25) is 5.28 Å². The van der Waals surface area contributed by atoms with E-state index in [4.69, 9.17) is 21.1 Å². The average Bonchev–Trinajstić information content (AvgIpc) is 3.32. The minimum Gasteiger partial charge on any atom is -0.491 e. The van der Waals surface area contributed by atoms with E-state index in [-0.39, 0.29) is 17.2 Å². The van der Waals surface area contributed by atoms with Gasteiger partial charge in [0.05, 0.1) is 19.0 Å². The molecule has 10 nitrogen and oxygen atoms in total.